The van der Waals surface area contributed by atoms with Gasteiger partial charge in [-0.25, -0.2) is 0 Å². The number of piperidine rings is 3. The van der Waals surface area contributed by atoms with E-state index in [1.807, 2.05) is 97.9 Å². The Labute approximate surface area is 545 Å². The maximum Gasteiger partial charge on any atom is 0.416 e. The normalized spacial score (nSPS) is 22.6. The molecule has 0 aromatic heterocycles. The number of nitrogens with two attached hydrogens (primary N) is 1. The second-order valence-corrected chi connectivity index (χ2v) is 25.0. The van der Waals surface area contributed by atoms with Gasteiger partial charge in [0.1, 0.15) is 0 Å². The molecule has 6 aromatic carbocycles. The fourth-order valence-corrected chi connectivity index (χ4v) is 12.4. The van der Waals surface area contributed by atoms with Gasteiger partial charge < -0.3 is 45.9 Å². The molecule has 510 valence electrons. The van der Waals surface area contributed by atoms with Crippen molar-refractivity contribution in [1.29, 1.82) is 0 Å². The summed E-state index contributed by atoms with van der Waals surface area (Å²) in [5.41, 5.74) is 8.04. The summed E-state index contributed by atoms with van der Waals surface area (Å²) in [4.78, 5) is 36.0. The van der Waals surface area contributed by atoms with Crippen LogP contribution < -0.4 is 27.0 Å². The van der Waals surface area contributed by atoms with Crippen LogP contribution in [-0.2, 0) is 68.5 Å². The fourth-order valence-electron chi connectivity index (χ4n) is 12.4. The van der Waals surface area contributed by atoms with Crippen LogP contribution in [0.25, 0.3) is 0 Å². The lowest BCUT2D eigenvalue weighted by Gasteiger charge is -2.42. The van der Waals surface area contributed by atoms with E-state index in [-0.39, 0.29) is 55.4 Å². The van der Waals surface area contributed by atoms with E-state index in [0.717, 1.165) is 53.1 Å². The average Bonchev–Trinajstić information content (AvgIpc) is 0.806. The number of alkyl halides is 9. The molecule has 0 saturated carbocycles. The molecule has 6 aromatic rings. The number of rotatable bonds is 20. The Morgan fingerprint density at radius 3 is 1.06 bits per heavy atom. The second-order valence-electron chi connectivity index (χ2n) is 25.0. The van der Waals surface area contributed by atoms with E-state index in [0.29, 0.717) is 105 Å². The van der Waals surface area contributed by atoms with E-state index < -0.39 is 70.1 Å². The van der Waals surface area contributed by atoms with Gasteiger partial charge in [-0.05, 0) is 164 Å². The average molecular weight is 1320 g/mol. The summed E-state index contributed by atoms with van der Waals surface area (Å²) in [6.07, 6.45) is -10.8. The first-order valence-corrected chi connectivity index (χ1v) is 32.0. The molecule has 3 fully saturated rings. The van der Waals surface area contributed by atoms with Gasteiger partial charge in [0.05, 0.1) is 95.8 Å². The van der Waals surface area contributed by atoms with Gasteiger partial charge in [0.25, 0.3) is 0 Å². The topological polar surface area (TPSA) is 162 Å². The Kier molecular flexibility index (Phi) is 25.7. The van der Waals surface area contributed by atoms with Gasteiger partial charge in [0.15, 0.2) is 0 Å². The molecular formula is C73H88F9N5O7. The van der Waals surface area contributed by atoms with Gasteiger partial charge in [0, 0.05) is 26.2 Å². The first kappa shape index (κ1) is 74.3. The zero-order chi connectivity index (χ0) is 68.7. The number of hydrogen-bond donors (Lipinski definition) is 5. The molecule has 0 radical (unpaired) electrons. The molecule has 9 rings (SSSR count). The van der Waals surface area contributed by atoms with Crippen molar-refractivity contribution in [2.24, 2.45) is 23.5 Å². The molecule has 21 heteroatoms. The van der Waals surface area contributed by atoms with Crippen LogP contribution in [0.3, 0.4) is 0 Å². The molecule has 0 spiro atoms. The van der Waals surface area contributed by atoms with E-state index in [4.69, 9.17) is 24.7 Å². The molecule has 3 aliphatic heterocycles. The van der Waals surface area contributed by atoms with Gasteiger partial charge >= 0.3 is 24.5 Å². The molecule has 3 saturated heterocycles. The summed E-state index contributed by atoms with van der Waals surface area (Å²) in [5.74, 6) is -1.10. The quantitative estimate of drug-likeness (QED) is 0.0367. The summed E-state index contributed by atoms with van der Waals surface area (Å²) in [7, 11) is 0. The van der Waals surface area contributed by atoms with Gasteiger partial charge in [-0.1, -0.05) is 126 Å². The smallest absolute Gasteiger partial charge is 0.416 e. The van der Waals surface area contributed by atoms with Crippen molar-refractivity contribution < 1.29 is 72.8 Å². The van der Waals surface area contributed by atoms with Gasteiger partial charge in [-0.2, -0.15) is 39.5 Å². The van der Waals surface area contributed by atoms with Crippen molar-refractivity contribution >= 4 is 17.8 Å². The molecule has 0 aliphatic carbocycles. The number of benzene rings is 6. The molecular weight excluding hydrogens is 1230 g/mol. The van der Waals surface area contributed by atoms with Crippen molar-refractivity contribution in [3.63, 3.8) is 0 Å². The third-order valence-electron chi connectivity index (χ3n) is 18.0. The number of primary amides is 1. The van der Waals surface area contributed by atoms with Gasteiger partial charge in [-0.3, -0.25) is 14.4 Å². The van der Waals surface area contributed by atoms with E-state index in [9.17, 15) is 53.9 Å². The Bertz CT molecular complexity index is 3250. The minimum absolute atomic E-state index is 0.0374. The van der Waals surface area contributed by atoms with Crippen molar-refractivity contribution in [1.82, 2.24) is 21.3 Å². The number of ether oxygens (including phenoxy) is 4. The standard InChI is InChI=1S/C25H31F3N2O2.C25H30F3NO3.C23H27F3N2O2/c1-4-29-23(31)19-10-11-24(30-15-19,21-8-6-5-7-9-21)16-32-18(3)20-12-17(2)13-22(14-20)25(26,27)28;1-4-31-23(30)19-10-11-24(29-15-19,21-8-6-5-7-9-21)16-32-18(3)20-12-17(2)13-22(14-20)25(26,27)28;1-15-10-18(12-20(11-15)23(24,25)26)16(2)30-14-22(19-6-4-3-5-7-19)9-8-17(13-28-22)21(27)29/h5-9,12-14,18-19,30H,4,10-11,15-16H2,1-3H3,(H,29,31);5-9,12-14,18-19,29H,4,10-11,15-16H2,1-3H3;3-7,10-12,16-17,28H,8-9,13-14H2,1-2H3,(H2,27,29)/t2*18-,19-,24-;16-,17-,22-/m111/s1. The third-order valence-corrected chi connectivity index (χ3v) is 18.0. The first-order valence-electron chi connectivity index (χ1n) is 32.0. The number of hydrogen-bond acceptors (Lipinski definition) is 10. The number of aryl methyl sites for hydroxylation is 3. The SMILES string of the molecule is CCNC(=O)[C@@H]1CC[C@@](CO[C@H](C)c2cc(C)cc(C(F)(F)F)c2)(c2ccccc2)NC1.CCOC(=O)[C@@H]1CC[C@@](CO[C@H](C)c2cc(C)cc(C(F)(F)F)c2)(c2ccccc2)NC1.Cc1cc([C@@H](C)OC[C@@]2(c3ccccc3)CC[C@@H](C(N)=O)CN2)cc(C(F)(F)F)c1. The Morgan fingerprint density at radius 1 is 0.489 bits per heavy atom. The van der Waals surface area contributed by atoms with Crippen LogP contribution in [0.1, 0.15) is 158 Å². The Balaban J connectivity index is 0.000000200. The van der Waals surface area contributed by atoms with Gasteiger partial charge in [0.2, 0.25) is 11.8 Å². The number of carbonyl (C=O) groups excluding carboxylic acids is 3. The van der Waals surface area contributed by atoms with Gasteiger partial charge in [-0.15, -0.1) is 0 Å². The number of carbonyl (C=O) groups is 3. The summed E-state index contributed by atoms with van der Waals surface area (Å²) in [5, 5.41) is 13.3. The number of esters is 1. The minimum Gasteiger partial charge on any atom is -0.466 e. The lowest BCUT2D eigenvalue weighted by Crippen LogP contribution is -2.54. The van der Waals surface area contributed by atoms with E-state index in [2.05, 4.69) is 21.3 Å². The summed E-state index contributed by atoms with van der Waals surface area (Å²) < 4.78 is 143. The van der Waals surface area contributed by atoms with Crippen molar-refractivity contribution in [3.8, 4) is 0 Å². The molecule has 3 aliphatic rings. The van der Waals surface area contributed by atoms with Crippen LogP contribution >= 0.6 is 0 Å². The monoisotopic (exact) mass is 1320 g/mol. The van der Waals surface area contributed by atoms with Crippen LogP contribution in [-0.4, -0.2) is 70.4 Å². The van der Waals surface area contributed by atoms with Crippen LogP contribution in [0.15, 0.2) is 146 Å². The van der Waals surface area contributed by atoms with Crippen molar-refractivity contribution in [3.05, 3.63) is 212 Å². The molecule has 94 heavy (non-hydrogen) atoms. The van der Waals surface area contributed by atoms with Crippen LogP contribution in [0.4, 0.5) is 39.5 Å². The largest absolute Gasteiger partial charge is 0.466 e. The maximum atomic E-state index is 13.2. The van der Waals surface area contributed by atoms with Crippen molar-refractivity contribution in [2.75, 3.05) is 52.6 Å². The molecule has 6 N–H and O–H groups in total. The van der Waals surface area contributed by atoms with E-state index in [1.165, 1.54) is 0 Å². The van der Waals surface area contributed by atoms with Crippen LogP contribution in [0.2, 0.25) is 0 Å². The highest BCUT2D eigenvalue weighted by Crippen LogP contribution is 2.41. The van der Waals surface area contributed by atoms with Crippen LogP contribution in [0, 0.1) is 38.5 Å². The zero-order valence-corrected chi connectivity index (χ0v) is 54.6. The lowest BCUT2D eigenvalue weighted by molar-refractivity contribution is -0.149. The number of nitrogens with one attached hydrogen (secondary N) is 4. The number of halogens is 9. The van der Waals surface area contributed by atoms with E-state index in [1.54, 1.807) is 66.7 Å². The first-order chi connectivity index (χ1) is 44.4. The summed E-state index contributed by atoms with van der Waals surface area (Å²) in [6, 6.07) is 41.5. The Morgan fingerprint density at radius 2 is 0.798 bits per heavy atom. The summed E-state index contributed by atoms with van der Waals surface area (Å²) in [6.45, 7) is 17.1. The molecule has 2 amide bonds. The second kappa shape index (κ2) is 32.5. The highest BCUT2D eigenvalue weighted by Gasteiger charge is 2.43. The highest BCUT2D eigenvalue weighted by atomic mass is 19.4. The molecule has 0 bridgehead atoms. The number of amides is 2. The van der Waals surface area contributed by atoms with Crippen LogP contribution in [0.5, 0.6) is 0 Å². The predicted molar refractivity (Wildman–Crippen MR) is 343 cm³/mol. The molecule has 12 nitrogen and oxygen atoms in total. The maximum absolute atomic E-state index is 13.2. The molecule has 0 unspecified atom stereocenters. The fraction of sp³-hybridized carbons (Fsp3) is 0.466. The Hall–Kier alpha value is -7.14. The summed E-state index contributed by atoms with van der Waals surface area (Å²) >= 11 is 0. The molecule has 9 atom stereocenters. The third kappa shape index (κ3) is 20.0. The zero-order valence-electron chi connectivity index (χ0n) is 54.6. The van der Waals surface area contributed by atoms with Crippen molar-refractivity contribution in [2.45, 2.75) is 147 Å². The predicted octanol–water partition coefficient (Wildman–Crippen LogP) is 15.1. The lowest BCUT2D eigenvalue weighted by atomic mass is 9.79. The van der Waals surface area contributed by atoms with E-state index >= 15 is 0 Å². The highest BCUT2D eigenvalue weighted by molar-refractivity contribution is 5.79. The molecule has 3 heterocycles. The minimum atomic E-state index is -4.40.